The Morgan fingerprint density at radius 3 is 2.68 bits per heavy atom. The summed E-state index contributed by atoms with van der Waals surface area (Å²) in [5.74, 6) is -0.897. The zero-order chi connectivity index (χ0) is 14.0. The zero-order valence-corrected chi connectivity index (χ0v) is 11.5. The standard InChI is InChI=1S/C15H19NO3/c1-4-16-13(9-19-10(2)3)8-12-7-11(15(17)18)5-6-14(12)16/h5-8,10H,4,9H2,1-3H3,(H,17,18). The molecule has 0 aliphatic rings. The van der Waals surface area contributed by atoms with Crippen LogP contribution in [0.5, 0.6) is 0 Å². The SMILES string of the molecule is CCn1c(COC(C)C)cc2cc(C(=O)O)ccc21. The van der Waals surface area contributed by atoms with Crippen LogP contribution in [0, 0.1) is 0 Å². The summed E-state index contributed by atoms with van der Waals surface area (Å²) < 4.78 is 7.80. The van der Waals surface area contributed by atoms with Crippen LogP contribution in [0.1, 0.15) is 36.8 Å². The van der Waals surface area contributed by atoms with E-state index < -0.39 is 5.97 Å². The minimum atomic E-state index is -0.897. The number of hydrogen-bond acceptors (Lipinski definition) is 2. The molecule has 0 radical (unpaired) electrons. The molecule has 0 aliphatic carbocycles. The molecule has 0 fully saturated rings. The highest BCUT2D eigenvalue weighted by Crippen LogP contribution is 2.22. The molecule has 0 unspecified atom stereocenters. The van der Waals surface area contributed by atoms with Crippen LogP contribution in [0.3, 0.4) is 0 Å². The highest BCUT2D eigenvalue weighted by molar-refractivity contribution is 5.94. The fourth-order valence-corrected chi connectivity index (χ4v) is 2.21. The molecule has 4 heteroatoms. The predicted molar refractivity (Wildman–Crippen MR) is 74.5 cm³/mol. The summed E-state index contributed by atoms with van der Waals surface area (Å²) in [6.45, 7) is 7.46. The summed E-state index contributed by atoms with van der Waals surface area (Å²) in [4.78, 5) is 11.0. The van der Waals surface area contributed by atoms with E-state index in [1.807, 2.05) is 26.0 Å². The van der Waals surface area contributed by atoms with E-state index in [2.05, 4.69) is 11.5 Å². The summed E-state index contributed by atoms with van der Waals surface area (Å²) in [5.41, 5.74) is 2.45. The van der Waals surface area contributed by atoms with Gasteiger partial charge in [-0.3, -0.25) is 0 Å². The Kier molecular flexibility index (Phi) is 3.90. The van der Waals surface area contributed by atoms with Gasteiger partial charge in [-0.1, -0.05) is 0 Å². The first-order chi connectivity index (χ1) is 9.02. The molecule has 0 aliphatic heterocycles. The van der Waals surface area contributed by atoms with Crippen molar-refractivity contribution >= 4 is 16.9 Å². The van der Waals surface area contributed by atoms with Crippen LogP contribution in [0.2, 0.25) is 0 Å². The first-order valence-electron chi connectivity index (χ1n) is 6.50. The van der Waals surface area contributed by atoms with Crippen molar-refractivity contribution in [2.45, 2.75) is 40.0 Å². The van der Waals surface area contributed by atoms with Crippen LogP contribution in [0.25, 0.3) is 10.9 Å². The number of ether oxygens (including phenoxy) is 1. The van der Waals surface area contributed by atoms with Gasteiger partial charge in [-0.2, -0.15) is 0 Å². The second-order valence-corrected chi connectivity index (χ2v) is 4.82. The smallest absolute Gasteiger partial charge is 0.335 e. The molecule has 0 bridgehead atoms. The first-order valence-corrected chi connectivity index (χ1v) is 6.50. The van der Waals surface area contributed by atoms with Crippen molar-refractivity contribution in [1.29, 1.82) is 0 Å². The minimum absolute atomic E-state index is 0.179. The largest absolute Gasteiger partial charge is 0.478 e. The van der Waals surface area contributed by atoms with Gasteiger partial charge in [-0.25, -0.2) is 4.79 Å². The molecule has 0 spiro atoms. The van der Waals surface area contributed by atoms with Crippen LogP contribution < -0.4 is 0 Å². The molecule has 0 amide bonds. The fourth-order valence-electron chi connectivity index (χ4n) is 2.21. The van der Waals surface area contributed by atoms with Gasteiger partial charge >= 0.3 is 5.97 Å². The van der Waals surface area contributed by atoms with Gasteiger partial charge in [0.2, 0.25) is 0 Å². The van der Waals surface area contributed by atoms with Crippen molar-refractivity contribution in [3.8, 4) is 0 Å². The average molecular weight is 261 g/mol. The van der Waals surface area contributed by atoms with Gasteiger partial charge in [0.15, 0.2) is 0 Å². The number of carbonyl (C=O) groups is 1. The normalized spacial score (nSPS) is 11.4. The lowest BCUT2D eigenvalue weighted by molar-refractivity contribution is 0.0620. The molecule has 0 saturated heterocycles. The zero-order valence-electron chi connectivity index (χ0n) is 11.5. The Morgan fingerprint density at radius 1 is 1.37 bits per heavy atom. The van der Waals surface area contributed by atoms with Gasteiger partial charge in [0.1, 0.15) is 0 Å². The number of carboxylic acids is 1. The molecule has 19 heavy (non-hydrogen) atoms. The van der Waals surface area contributed by atoms with E-state index in [9.17, 15) is 4.79 Å². The average Bonchev–Trinajstić information content (AvgIpc) is 2.72. The van der Waals surface area contributed by atoms with Gasteiger partial charge in [0.05, 0.1) is 18.3 Å². The number of carboxylic acid groups (broad SMARTS) is 1. The molecular weight excluding hydrogens is 242 g/mol. The lowest BCUT2D eigenvalue weighted by Crippen LogP contribution is -2.07. The maximum atomic E-state index is 11.0. The van der Waals surface area contributed by atoms with Crippen LogP contribution in [-0.2, 0) is 17.9 Å². The predicted octanol–water partition coefficient (Wildman–Crippen LogP) is 3.28. The maximum absolute atomic E-state index is 11.0. The van der Waals surface area contributed by atoms with E-state index in [0.717, 1.165) is 23.1 Å². The van der Waals surface area contributed by atoms with E-state index in [4.69, 9.17) is 9.84 Å². The van der Waals surface area contributed by atoms with Gasteiger partial charge in [0.25, 0.3) is 0 Å². The molecule has 0 saturated carbocycles. The molecule has 102 valence electrons. The monoisotopic (exact) mass is 261 g/mol. The van der Waals surface area contributed by atoms with Gasteiger partial charge in [0, 0.05) is 23.1 Å². The van der Waals surface area contributed by atoms with Gasteiger partial charge < -0.3 is 14.4 Å². The number of hydrogen-bond donors (Lipinski definition) is 1. The third-order valence-corrected chi connectivity index (χ3v) is 3.11. The van der Waals surface area contributed by atoms with Crippen LogP contribution in [0.15, 0.2) is 24.3 Å². The second-order valence-electron chi connectivity index (χ2n) is 4.82. The first kappa shape index (κ1) is 13.6. The molecule has 4 nitrogen and oxygen atoms in total. The highest BCUT2D eigenvalue weighted by atomic mass is 16.5. The lowest BCUT2D eigenvalue weighted by Gasteiger charge is -2.10. The third kappa shape index (κ3) is 2.79. The second kappa shape index (κ2) is 5.45. The van der Waals surface area contributed by atoms with Crippen molar-refractivity contribution in [1.82, 2.24) is 4.57 Å². The summed E-state index contributed by atoms with van der Waals surface area (Å²) in [7, 11) is 0. The molecule has 1 aromatic heterocycles. The van der Waals surface area contributed by atoms with Crippen molar-refractivity contribution in [2.24, 2.45) is 0 Å². The number of aryl methyl sites for hydroxylation is 1. The van der Waals surface area contributed by atoms with Crippen LogP contribution in [0.4, 0.5) is 0 Å². The molecule has 0 atom stereocenters. The van der Waals surface area contributed by atoms with Crippen LogP contribution >= 0.6 is 0 Å². The maximum Gasteiger partial charge on any atom is 0.335 e. The number of aromatic nitrogens is 1. The summed E-state index contributed by atoms with van der Waals surface area (Å²) in [5, 5.41) is 9.97. The van der Waals surface area contributed by atoms with Crippen molar-refractivity contribution < 1.29 is 14.6 Å². The Labute approximate surface area is 112 Å². The molecular formula is C15H19NO3. The minimum Gasteiger partial charge on any atom is -0.478 e. The van der Waals surface area contributed by atoms with E-state index in [1.54, 1.807) is 12.1 Å². The Balaban J connectivity index is 2.44. The Morgan fingerprint density at radius 2 is 2.11 bits per heavy atom. The summed E-state index contributed by atoms with van der Waals surface area (Å²) in [6, 6.07) is 7.22. The number of aromatic carboxylic acids is 1. The Hall–Kier alpha value is -1.81. The molecule has 1 heterocycles. The van der Waals surface area contributed by atoms with E-state index >= 15 is 0 Å². The van der Waals surface area contributed by atoms with Crippen molar-refractivity contribution in [2.75, 3.05) is 0 Å². The highest BCUT2D eigenvalue weighted by Gasteiger charge is 2.11. The topological polar surface area (TPSA) is 51.5 Å². The quantitative estimate of drug-likeness (QED) is 0.898. The molecule has 2 rings (SSSR count). The molecule has 2 aromatic rings. The fraction of sp³-hybridized carbons (Fsp3) is 0.400. The van der Waals surface area contributed by atoms with E-state index in [0.29, 0.717) is 12.2 Å². The van der Waals surface area contributed by atoms with Crippen molar-refractivity contribution in [3.05, 3.63) is 35.5 Å². The van der Waals surface area contributed by atoms with E-state index in [-0.39, 0.29) is 6.10 Å². The van der Waals surface area contributed by atoms with Crippen LogP contribution in [-0.4, -0.2) is 21.7 Å². The van der Waals surface area contributed by atoms with E-state index in [1.165, 1.54) is 0 Å². The van der Waals surface area contributed by atoms with Crippen molar-refractivity contribution in [3.63, 3.8) is 0 Å². The third-order valence-electron chi connectivity index (χ3n) is 3.11. The van der Waals surface area contributed by atoms with Gasteiger partial charge in [-0.05, 0) is 45.0 Å². The number of rotatable bonds is 5. The number of fused-ring (bicyclic) bond motifs is 1. The lowest BCUT2D eigenvalue weighted by atomic mass is 10.1. The Bertz CT molecular complexity index is 599. The molecule has 1 aromatic carbocycles. The van der Waals surface area contributed by atoms with Gasteiger partial charge in [-0.15, -0.1) is 0 Å². The summed E-state index contributed by atoms with van der Waals surface area (Å²) >= 11 is 0. The number of nitrogens with zero attached hydrogens (tertiary/aromatic N) is 1. The summed E-state index contributed by atoms with van der Waals surface area (Å²) in [6.07, 6.45) is 0.179. The molecule has 1 N–H and O–H groups in total. The number of benzene rings is 1.